The lowest BCUT2D eigenvalue weighted by Crippen LogP contribution is -2.15. The highest BCUT2D eigenvalue weighted by Gasteiger charge is 2.12. The number of esters is 1. The Balaban J connectivity index is 2.08. The van der Waals surface area contributed by atoms with Crippen LogP contribution in [0.1, 0.15) is 6.92 Å². The summed E-state index contributed by atoms with van der Waals surface area (Å²) in [4.78, 5) is 13.2. The first kappa shape index (κ1) is 11.6. The molecule has 0 atom stereocenters. The maximum atomic E-state index is 11.2. The van der Waals surface area contributed by atoms with Gasteiger partial charge in [0.15, 0.2) is 19.4 Å². The van der Waals surface area contributed by atoms with Gasteiger partial charge in [-0.15, -0.1) is 26.6 Å². The zero-order chi connectivity index (χ0) is 12.3. The van der Waals surface area contributed by atoms with Crippen molar-refractivity contribution in [3.63, 3.8) is 0 Å². The van der Waals surface area contributed by atoms with E-state index in [2.05, 4.69) is 25.6 Å². The monoisotopic (exact) mass is 252 g/mol. The topological polar surface area (TPSA) is 95.7 Å². The van der Waals surface area contributed by atoms with Gasteiger partial charge in [0.05, 0.1) is 11.5 Å². The number of carbonyl (C=O) groups excluding carboxylic acids is 1. The van der Waals surface area contributed by atoms with Gasteiger partial charge in [0, 0.05) is 0 Å². The molecule has 2 aromatic rings. The van der Waals surface area contributed by atoms with Gasteiger partial charge in [-0.3, -0.25) is 0 Å². The average Bonchev–Trinajstić information content (AvgIpc) is 2.87. The number of tetrazole rings is 1. The van der Waals surface area contributed by atoms with Crippen molar-refractivity contribution in [2.24, 2.45) is 0 Å². The molecule has 88 valence electrons. The van der Waals surface area contributed by atoms with Crippen LogP contribution in [0.15, 0.2) is 0 Å². The second kappa shape index (κ2) is 5.00. The molecule has 0 unspecified atom stereocenters. The van der Waals surface area contributed by atoms with Crippen LogP contribution in [0.2, 0.25) is 0 Å². The van der Waals surface area contributed by atoms with Gasteiger partial charge in [-0.25, -0.2) is 4.79 Å². The van der Waals surface area contributed by atoms with E-state index in [4.69, 9.17) is 4.74 Å². The Morgan fingerprint density at radius 3 is 2.94 bits per heavy atom. The summed E-state index contributed by atoms with van der Waals surface area (Å²) in [7, 11) is 1.84. The summed E-state index contributed by atoms with van der Waals surface area (Å²) >= 11 is 1.37. The highest BCUT2D eigenvalue weighted by molar-refractivity contribution is 7.21. The molecule has 0 saturated carbocycles. The third-order valence-corrected chi connectivity index (χ3v) is 2.58. The molecule has 0 spiro atoms. The molecule has 2 rings (SSSR count). The van der Waals surface area contributed by atoms with Crippen molar-refractivity contribution in [1.82, 2.24) is 30.4 Å². The molecule has 10 heteroatoms. The summed E-state index contributed by atoms with van der Waals surface area (Å²) in [5.41, 5.74) is 0. The van der Waals surface area contributed by atoms with Crippen molar-refractivity contribution in [2.75, 3.05) is 6.61 Å². The van der Waals surface area contributed by atoms with Gasteiger partial charge >= 0.3 is 5.97 Å². The smallest absolute Gasteiger partial charge is 0.329 e. The highest BCUT2D eigenvalue weighted by Crippen LogP contribution is 2.12. The van der Waals surface area contributed by atoms with Crippen molar-refractivity contribution in [2.45, 2.75) is 13.5 Å². The van der Waals surface area contributed by atoms with Crippen LogP contribution >= 0.6 is 11.3 Å². The Morgan fingerprint density at radius 1 is 1.47 bits per heavy atom. The van der Waals surface area contributed by atoms with Gasteiger partial charge in [0.25, 0.3) is 0 Å². The van der Waals surface area contributed by atoms with Gasteiger partial charge in [0.1, 0.15) is 0 Å². The van der Waals surface area contributed by atoms with Gasteiger partial charge < -0.3 is 4.74 Å². The Hall–Kier alpha value is -1.84. The quantitative estimate of drug-likeness (QED) is 0.459. The van der Waals surface area contributed by atoms with Crippen LogP contribution in [0.25, 0.3) is 10.8 Å². The fourth-order valence-electron chi connectivity index (χ4n) is 1.10. The summed E-state index contributed by atoms with van der Waals surface area (Å²) in [6.45, 7) is 2.01. The zero-order valence-corrected chi connectivity index (χ0v) is 10.1. The predicted octanol–water partition coefficient (Wildman–Crippen LogP) is -1.99. The minimum atomic E-state index is -0.398. The highest BCUT2D eigenvalue weighted by atomic mass is 32.1. The Bertz CT molecular complexity index is 526. The molecule has 0 N–H and O–H groups in total. The van der Waals surface area contributed by atoms with Crippen LogP contribution in [0.5, 0.6) is 0 Å². The van der Waals surface area contributed by atoms with E-state index in [1.54, 1.807) is 6.92 Å². The molecule has 0 fully saturated rings. The van der Waals surface area contributed by atoms with E-state index in [0.29, 0.717) is 17.4 Å². The molecule has 0 aromatic carbocycles. The van der Waals surface area contributed by atoms with Crippen LogP contribution < -0.4 is 4.91 Å². The van der Waals surface area contributed by atoms with Crippen LogP contribution in [0.4, 0.5) is 0 Å². The summed E-state index contributed by atoms with van der Waals surface area (Å²) in [6, 6.07) is 0. The van der Waals surface area contributed by atoms with Gasteiger partial charge in [-0.1, -0.05) is 0 Å². The largest absolute Gasteiger partial charge is 0.465 e. The standard InChI is InChI=1S/C7H9BN6O2S/c1-2-16-4(15)3-14-12-5(9-13-14)6-10-11-7(8)17-6/h2-3,8H2,1H3. The number of rotatable bonds is 4. The minimum Gasteiger partial charge on any atom is -0.465 e. The lowest BCUT2D eigenvalue weighted by Gasteiger charge is -1.98. The van der Waals surface area contributed by atoms with Crippen LogP contribution in [0.3, 0.4) is 0 Å². The lowest BCUT2D eigenvalue weighted by molar-refractivity contribution is -0.144. The Labute approximate surface area is 101 Å². The van der Waals surface area contributed by atoms with Crippen molar-refractivity contribution in [3.8, 4) is 10.8 Å². The SMILES string of the molecule is Bc1nnc(-c2nnn(CC(=O)OCC)n2)s1. The Morgan fingerprint density at radius 2 is 2.29 bits per heavy atom. The number of hydrogen-bond acceptors (Lipinski definition) is 8. The first-order chi connectivity index (χ1) is 8.19. The third-order valence-electron chi connectivity index (χ3n) is 1.75. The second-order valence-corrected chi connectivity index (χ2v) is 4.26. The summed E-state index contributed by atoms with van der Waals surface area (Å²) < 4.78 is 4.77. The molecule has 0 bridgehead atoms. The normalized spacial score (nSPS) is 10.4. The maximum absolute atomic E-state index is 11.2. The summed E-state index contributed by atoms with van der Waals surface area (Å²) in [5, 5.41) is 19.9. The molecule has 2 heterocycles. The molecule has 2 aromatic heterocycles. The first-order valence-corrected chi connectivity index (χ1v) is 5.74. The van der Waals surface area contributed by atoms with E-state index in [9.17, 15) is 4.79 Å². The third kappa shape index (κ3) is 2.84. The number of hydrogen-bond donors (Lipinski definition) is 0. The minimum absolute atomic E-state index is 0.0569. The van der Waals surface area contributed by atoms with Gasteiger partial charge in [-0.05, 0) is 12.1 Å². The van der Waals surface area contributed by atoms with Crippen LogP contribution in [-0.4, -0.2) is 50.8 Å². The second-order valence-electron chi connectivity index (χ2n) is 3.07. The van der Waals surface area contributed by atoms with Crippen molar-refractivity contribution in [3.05, 3.63) is 0 Å². The van der Waals surface area contributed by atoms with Crippen molar-refractivity contribution >= 4 is 30.1 Å². The van der Waals surface area contributed by atoms with E-state index in [0.717, 1.165) is 4.91 Å². The molecule has 0 aliphatic heterocycles. The van der Waals surface area contributed by atoms with E-state index >= 15 is 0 Å². The van der Waals surface area contributed by atoms with Crippen molar-refractivity contribution < 1.29 is 9.53 Å². The molecular weight excluding hydrogens is 243 g/mol. The molecule has 0 aliphatic carbocycles. The number of carbonyl (C=O) groups is 1. The number of aromatic nitrogens is 6. The Kier molecular flexibility index (Phi) is 3.42. The molecule has 0 aliphatic rings. The number of nitrogens with zero attached hydrogens (tertiary/aromatic N) is 6. The molecule has 0 radical (unpaired) electrons. The van der Waals surface area contributed by atoms with E-state index < -0.39 is 5.97 Å². The summed E-state index contributed by atoms with van der Waals surface area (Å²) in [5.74, 6) is -0.0372. The van der Waals surface area contributed by atoms with E-state index in [1.165, 1.54) is 16.1 Å². The maximum Gasteiger partial charge on any atom is 0.329 e. The molecule has 0 amide bonds. The van der Waals surface area contributed by atoms with E-state index in [-0.39, 0.29) is 6.54 Å². The summed E-state index contributed by atoms with van der Waals surface area (Å²) in [6.07, 6.45) is 0. The van der Waals surface area contributed by atoms with Gasteiger partial charge in [-0.2, -0.15) is 9.90 Å². The fraction of sp³-hybridized carbons (Fsp3) is 0.429. The van der Waals surface area contributed by atoms with E-state index in [1.807, 2.05) is 7.85 Å². The van der Waals surface area contributed by atoms with Gasteiger partial charge in [0.2, 0.25) is 5.82 Å². The van der Waals surface area contributed by atoms with Crippen LogP contribution in [-0.2, 0) is 16.1 Å². The lowest BCUT2D eigenvalue weighted by atomic mass is 10.2. The first-order valence-electron chi connectivity index (χ1n) is 4.93. The fourth-order valence-corrected chi connectivity index (χ4v) is 1.72. The average molecular weight is 252 g/mol. The molecule has 0 saturated heterocycles. The molecule has 8 nitrogen and oxygen atoms in total. The zero-order valence-electron chi connectivity index (χ0n) is 9.32. The predicted molar refractivity (Wildman–Crippen MR) is 61.5 cm³/mol. The van der Waals surface area contributed by atoms with Crippen molar-refractivity contribution in [1.29, 1.82) is 0 Å². The number of ether oxygens (including phenoxy) is 1. The molecular formula is C7H9BN6O2S. The molecule has 17 heavy (non-hydrogen) atoms. The van der Waals surface area contributed by atoms with Crippen LogP contribution in [0, 0.1) is 0 Å².